The first-order chi connectivity index (χ1) is 16.8. The van der Waals surface area contributed by atoms with Crippen LogP contribution in [0.15, 0.2) is 47.6 Å². The molecule has 0 spiro atoms. The second kappa shape index (κ2) is 9.57. The third-order valence-corrected chi connectivity index (χ3v) is 7.70. The van der Waals surface area contributed by atoms with E-state index in [0.717, 1.165) is 53.0 Å². The smallest absolute Gasteiger partial charge is 0.233 e. The molecule has 7 nitrogen and oxygen atoms in total. The number of ether oxygens (including phenoxy) is 2. The lowest BCUT2D eigenvalue weighted by atomic mass is 9.87. The monoisotopic (exact) mass is 492 g/mol. The highest BCUT2D eigenvalue weighted by molar-refractivity contribution is 7.99. The summed E-state index contributed by atoms with van der Waals surface area (Å²) in [4.78, 5) is 15.2. The molecule has 2 aliphatic rings. The number of hydrogen-bond acceptors (Lipinski definition) is 6. The topological polar surface area (TPSA) is 69.5 Å². The van der Waals surface area contributed by atoms with Gasteiger partial charge >= 0.3 is 0 Å². The van der Waals surface area contributed by atoms with Crippen molar-refractivity contribution in [3.8, 4) is 22.9 Å². The predicted octanol–water partition coefficient (Wildman–Crippen LogP) is 5.01. The molecule has 1 saturated heterocycles. The highest BCUT2D eigenvalue weighted by Crippen LogP contribution is 2.38. The van der Waals surface area contributed by atoms with Crippen LogP contribution in [0.2, 0.25) is 0 Å². The Kier molecular flexibility index (Phi) is 6.49. The molecule has 5 rings (SSSR count). The lowest BCUT2D eigenvalue weighted by molar-refractivity contribution is -0.129. The van der Waals surface area contributed by atoms with Crippen molar-refractivity contribution in [2.75, 3.05) is 25.5 Å². The van der Waals surface area contributed by atoms with Crippen LogP contribution in [-0.4, -0.2) is 51.1 Å². The van der Waals surface area contributed by atoms with Gasteiger partial charge < -0.3 is 18.9 Å². The Morgan fingerprint density at radius 2 is 1.80 bits per heavy atom. The van der Waals surface area contributed by atoms with E-state index in [9.17, 15) is 4.79 Å². The first kappa shape index (κ1) is 23.7. The molecule has 1 unspecified atom stereocenters. The van der Waals surface area contributed by atoms with Crippen LogP contribution < -0.4 is 9.47 Å². The van der Waals surface area contributed by atoms with Crippen molar-refractivity contribution in [1.82, 2.24) is 19.7 Å². The van der Waals surface area contributed by atoms with Gasteiger partial charge in [0, 0.05) is 19.2 Å². The Bertz CT molecular complexity index is 1220. The number of carbonyl (C=O) groups excluding carboxylic acids is 1. The van der Waals surface area contributed by atoms with Crippen LogP contribution in [0.4, 0.5) is 0 Å². The van der Waals surface area contributed by atoms with E-state index < -0.39 is 0 Å². The molecule has 1 fully saturated rings. The lowest BCUT2D eigenvalue weighted by Crippen LogP contribution is -2.32. The molecule has 8 heteroatoms. The molecule has 3 heterocycles. The Morgan fingerprint density at radius 1 is 1.06 bits per heavy atom. The van der Waals surface area contributed by atoms with E-state index in [1.165, 1.54) is 17.3 Å². The number of likely N-dealkylation sites (tertiary alicyclic amines) is 1. The molecule has 0 aliphatic carbocycles. The largest absolute Gasteiger partial charge is 0.486 e. The van der Waals surface area contributed by atoms with Gasteiger partial charge in [0.15, 0.2) is 22.5 Å². The second-order valence-electron chi connectivity index (χ2n) is 10.1. The van der Waals surface area contributed by atoms with E-state index in [-0.39, 0.29) is 17.4 Å². The Hall–Kier alpha value is -3.00. The minimum atomic E-state index is 0.0651. The van der Waals surface area contributed by atoms with Crippen LogP contribution in [0, 0.1) is 0 Å². The van der Waals surface area contributed by atoms with E-state index in [2.05, 4.69) is 61.3 Å². The lowest BCUT2D eigenvalue weighted by Gasteiger charge is -2.26. The number of benzene rings is 2. The number of rotatable bonds is 5. The van der Waals surface area contributed by atoms with Gasteiger partial charge in [-0.15, -0.1) is 10.2 Å². The van der Waals surface area contributed by atoms with Gasteiger partial charge in [0.05, 0.1) is 11.8 Å². The minimum absolute atomic E-state index is 0.0651. The van der Waals surface area contributed by atoms with E-state index in [1.807, 2.05) is 28.6 Å². The SMILES string of the molecule is Cn1c(SCC(=O)N2CCCC2c2ccc3c(c2)OCCO3)nnc1-c1ccc(C(C)(C)C)cc1. The normalized spacial score (nSPS) is 17.6. The van der Waals surface area contributed by atoms with Crippen LogP contribution in [-0.2, 0) is 17.3 Å². The number of thioether (sulfide) groups is 1. The quantitative estimate of drug-likeness (QED) is 0.467. The summed E-state index contributed by atoms with van der Waals surface area (Å²) in [6.07, 6.45) is 1.95. The molecule has 2 aromatic carbocycles. The van der Waals surface area contributed by atoms with Crippen LogP contribution in [0.1, 0.15) is 50.8 Å². The fourth-order valence-electron chi connectivity index (χ4n) is 4.70. The number of hydrogen-bond donors (Lipinski definition) is 0. The summed E-state index contributed by atoms with van der Waals surface area (Å²) in [5.41, 5.74) is 3.50. The third kappa shape index (κ3) is 4.89. The van der Waals surface area contributed by atoms with Crippen LogP contribution >= 0.6 is 11.8 Å². The van der Waals surface area contributed by atoms with Gasteiger partial charge in [0.2, 0.25) is 5.91 Å². The van der Waals surface area contributed by atoms with Gasteiger partial charge in [-0.3, -0.25) is 4.79 Å². The van der Waals surface area contributed by atoms with E-state index in [1.54, 1.807) is 0 Å². The highest BCUT2D eigenvalue weighted by atomic mass is 32.2. The number of aromatic nitrogens is 3. The van der Waals surface area contributed by atoms with E-state index in [0.29, 0.717) is 19.0 Å². The van der Waals surface area contributed by atoms with Crippen molar-refractivity contribution in [2.45, 2.75) is 50.2 Å². The molecular formula is C27H32N4O3S. The van der Waals surface area contributed by atoms with Gasteiger partial charge in [-0.25, -0.2) is 0 Å². The molecule has 35 heavy (non-hydrogen) atoms. The van der Waals surface area contributed by atoms with Crippen molar-refractivity contribution in [3.05, 3.63) is 53.6 Å². The average Bonchev–Trinajstić information content (AvgIpc) is 3.49. The highest BCUT2D eigenvalue weighted by Gasteiger charge is 2.31. The zero-order valence-corrected chi connectivity index (χ0v) is 21.6. The summed E-state index contributed by atoms with van der Waals surface area (Å²) in [5, 5.41) is 9.50. The standard InChI is InChI=1S/C27H32N4O3S/c1-27(2,3)20-10-7-18(8-11-20)25-28-29-26(30(25)4)35-17-24(32)31-13-5-6-21(31)19-9-12-22-23(16-19)34-15-14-33-22/h7-12,16,21H,5-6,13-15,17H2,1-4H3. The molecule has 2 aliphatic heterocycles. The first-order valence-corrected chi connectivity index (χ1v) is 13.1. The number of carbonyl (C=O) groups is 1. The van der Waals surface area contributed by atoms with Gasteiger partial charge in [-0.2, -0.15) is 0 Å². The van der Waals surface area contributed by atoms with Gasteiger partial charge in [-0.05, 0) is 41.5 Å². The summed E-state index contributed by atoms with van der Waals surface area (Å²) in [6.45, 7) is 8.51. The third-order valence-electron chi connectivity index (χ3n) is 6.69. The first-order valence-electron chi connectivity index (χ1n) is 12.1. The number of fused-ring (bicyclic) bond motifs is 1. The van der Waals surface area contributed by atoms with E-state index in [4.69, 9.17) is 9.47 Å². The maximum absolute atomic E-state index is 13.2. The minimum Gasteiger partial charge on any atom is -0.486 e. The van der Waals surface area contributed by atoms with Crippen molar-refractivity contribution in [2.24, 2.45) is 7.05 Å². The van der Waals surface area contributed by atoms with Crippen LogP contribution in [0.25, 0.3) is 11.4 Å². The Balaban J connectivity index is 1.25. The summed E-state index contributed by atoms with van der Waals surface area (Å²) in [5.74, 6) is 2.79. The molecule has 0 bridgehead atoms. The number of nitrogens with zero attached hydrogens (tertiary/aromatic N) is 4. The predicted molar refractivity (Wildman–Crippen MR) is 137 cm³/mol. The van der Waals surface area contributed by atoms with Gasteiger partial charge in [-0.1, -0.05) is 62.9 Å². The van der Waals surface area contributed by atoms with Gasteiger partial charge in [0.25, 0.3) is 0 Å². The van der Waals surface area contributed by atoms with Crippen molar-refractivity contribution in [3.63, 3.8) is 0 Å². The van der Waals surface area contributed by atoms with Crippen LogP contribution in [0.5, 0.6) is 11.5 Å². The molecule has 0 N–H and O–H groups in total. The van der Waals surface area contributed by atoms with E-state index >= 15 is 0 Å². The van der Waals surface area contributed by atoms with Crippen molar-refractivity contribution >= 4 is 17.7 Å². The molecular weight excluding hydrogens is 460 g/mol. The van der Waals surface area contributed by atoms with Gasteiger partial charge in [0.1, 0.15) is 13.2 Å². The fraction of sp³-hybridized carbons (Fsp3) is 0.444. The molecule has 1 atom stereocenters. The second-order valence-corrected chi connectivity index (χ2v) is 11.1. The summed E-state index contributed by atoms with van der Waals surface area (Å²) >= 11 is 1.44. The summed E-state index contributed by atoms with van der Waals surface area (Å²) in [6, 6.07) is 14.6. The van der Waals surface area contributed by atoms with Crippen molar-refractivity contribution in [1.29, 1.82) is 0 Å². The molecule has 1 amide bonds. The van der Waals surface area contributed by atoms with Crippen molar-refractivity contribution < 1.29 is 14.3 Å². The average molecular weight is 493 g/mol. The summed E-state index contributed by atoms with van der Waals surface area (Å²) in [7, 11) is 1.95. The fourth-order valence-corrected chi connectivity index (χ4v) is 5.50. The molecule has 3 aromatic rings. The molecule has 0 radical (unpaired) electrons. The number of amides is 1. The Labute approximate surface area is 210 Å². The molecule has 184 valence electrons. The maximum Gasteiger partial charge on any atom is 0.233 e. The van der Waals surface area contributed by atoms with Crippen LogP contribution in [0.3, 0.4) is 0 Å². The Morgan fingerprint density at radius 3 is 2.54 bits per heavy atom. The molecule has 0 saturated carbocycles. The zero-order valence-electron chi connectivity index (χ0n) is 20.8. The summed E-state index contributed by atoms with van der Waals surface area (Å²) < 4.78 is 13.4. The zero-order chi connectivity index (χ0) is 24.6. The molecule has 1 aromatic heterocycles. The maximum atomic E-state index is 13.2.